The lowest BCUT2D eigenvalue weighted by Gasteiger charge is -2.09. The molecule has 0 N–H and O–H groups in total. The predicted octanol–water partition coefficient (Wildman–Crippen LogP) is 2.77. The number of ether oxygens (including phenoxy) is 1. The van der Waals surface area contributed by atoms with Crippen LogP contribution in [0.1, 0.15) is 17.2 Å². The number of aryl methyl sites for hydroxylation is 2. The third-order valence-corrected chi connectivity index (χ3v) is 3.18. The molecule has 90 valence electrons. The lowest BCUT2D eigenvalue weighted by molar-refractivity contribution is 0.289. The van der Waals surface area contributed by atoms with Crippen LogP contribution >= 0.6 is 15.9 Å². The maximum absolute atomic E-state index is 5.74. The summed E-state index contributed by atoms with van der Waals surface area (Å²) in [6.45, 7) is 4.36. The van der Waals surface area contributed by atoms with Gasteiger partial charge in [-0.25, -0.2) is 0 Å². The Labute approximate surface area is 109 Å². The monoisotopic (exact) mass is 295 g/mol. The molecule has 2 rings (SSSR count). The molecule has 0 atom stereocenters. The Morgan fingerprint density at radius 3 is 2.71 bits per heavy atom. The van der Waals surface area contributed by atoms with Crippen molar-refractivity contribution < 1.29 is 4.74 Å². The minimum absolute atomic E-state index is 0.425. The van der Waals surface area contributed by atoms with Crippen LogP contribution in [0.2, 0.25) is 0 Å². The summed E-state index contributed by atoms with van der Waals surface area (Å²) in [6.07, 6.45) is 0. The van der Waals surface area contributed by atoms with Crippen LogP contribution in [-0.4, -0.2) is 14.8 Å². The van der Waals surface area contributed by atoms with Crippen molar-refractivity contribution in [3.05, 3.63) is 39.9 Å². The van der Waals surface area contributed by atoms with E-state index in [-0.39, 0.29) is 0 Å². The molecule has 17 heavy (non-hydrogen) atoms. The number of hydrogen-bond acceptors (Lipinski definition) is 3. The van der Waals surface area contributed by atoms with Gasteiger partial charge in [0.05, 0.1) is 0 Å². The van der Waals surface area contributed by atoms with Gasteiger partial charge in [-0.05, 0) is 31.5 Å². The summed E-state index contributed by atoms with van der Waals surface area (Å²) < 4.78 is 8.68. The highest BCUT2D eigenvalue weighted by atomic mass is 79.9. The van der Waals surface area contributed by atoms with E-state index in [1.54, 1.807) is 0 Å². The molecule has 0 unspecified atom stereocenters. The highest BCUT2D eigenvalue weighted by molar-refractivity contribution is 9.10. The van der Waals surface area contributed by atoms with Crippen molar-refractivity contribution in [3.63, 3.8) is 0 Å². The molecule has 1 aromatic carbocycles. The van der Waals surface area contributed by atoms with E-state index in [1.807, 2.05) is 43.7 Å². The van der Waals surface area contributed by atoms with Gasteiger partial charge in [0.15, 0.2) is 5.82 Å². The summed E-state index contributed by atoms with van der Waals surface area (Å²) in [4.78, 5) is 0. The maximum atomic E-state index is 5.74. The maximum Gasteiger partial charge on any atom is 0.170 e. The third-order valence-electron chi connectivity index (χ3n) is 2.69. The van der Waals surface area contributed by atoms with Crippen molar-refractivity contribution in [2.45, 2.75) is 20.5 Å². The summed E-state index contributed by atoms with van der Waals surface area (Å²) in [5.41, 5.74) is 1.10. The van der Waals surface area contributed by atoms with Crippen LogP contribution in [0.5, 0.6) is 5.75 Å². The number of aromatic nitrogens is 3. The van der Waals surface area contributed by atoms with Gasteiger partial charge < -0.3 is 9.30 Å². The van der Waals surface area contributed by atoms with E-state index in [9.17, 15) is 0 Å². The first-order valence-corrected chi connectivity index (χ1v) is 6.11. The Kier molecular flexibility index (Phi) is 3.47. The SMILES string of the molecule is Cc1ccc(Br)cc1OCc1nnc(C)n1C. The van der Waals surface area contributed by atoms with Crippen LogP contribution in [0.3, 0.4) is 0 Å². The van der Waals surface area contributed by atoms with Crippen LogP contribution in [0.4, 0.5) is 0 Å². The number of nitrogens with zero attached hydrogens (tertiary/aromatic N) is 3. The molecular weight excluding hydrogens is 282 g/mol. The first-order valence-electron chi connectivity index (χ1n) is 5.32. The number of rotatable bonds is 3. The second kappa shape index (κ2) is 4.87. The number of halogens is 1. The molecule has 0 aliphatic rings. The van der Waals surface area contributed by atoms with Crippen molar-refractivity contribution in [1.29, 1.82) is 0 Å². The number of hydrogen-bond donors (Lipinski definition) is 0. The summed E-state index contributed by atoms with van der Waals surface area (Å²) in [5.74, 6) is 2.57. The van der Waals surface area contributed by atoms with E-state index in [1.165, 1.54) is 0 Å². The lowest BCUT2D eigenvalue weighted by Crippen LogP contribution is -2.05. The Hall–Kier alpha value is -1.36. The molecule has 0 aliphatic carbocycles. The molecule has 0 fully saturated rings. The zero-order valence-corrected chi connectivity index (χ0v) is 11.7. The first kappa shape index (κ1) is 12.1. The van der Waals surface area contributed by atoms with Crippen molar-refractivity contribution in [1.82, 2.24) is 14.8 Å². The van der Waals surface area contributed by atoms with Gasteiger partial charge in [-0.1, -0.05) is 22.0 Å². The normalized spacial score (nSPS) is 10.6. The molecule has 5 heteroatoms. The topological polar surface area (TPSA) is 39.9 Å². The van der Waals surface area contributed by atoms with E-state index in [0.717, 1.165) is 27.4 Å². The van der Waals surface area contributed by atoms with E-state index in [0.29, 0.717) is 6.61 Å². The van der Waals surface area contributed by atoms with Gasteiger partial charge in [0.2, 0.25) is 0 Å². The Morgan fingerprint density at radius 1 is 1.29 bits per heavy atom. The van der Waals surface area contributed by atoms with Gasteiger partial charge in [0.25, 0.3) is 0 Å². The molecule has 1 aromatic heterocycles. The average molecular weight is 296 g/mol. The van der Waals surface area contributed by atoms with Gasteiger partial charge in [-0.15, -0.1) is 10.2 Å². The highest BCUT2D eigenvalue weighted by Gasteiger charge is 2.07. The fourth-order valence-corrected chi connectivity index (χ4v) is 1.79. The van der Waals surface area contributed by atoms with E-state index < -0.39 is 0 Å². The molecule has 2 aromatic rings. The van der Waals surface area contributed by atoms with Crippen molar-refractivity contribution in [2.75, 3.05) is 0 Å². The van der Waals surface area contributed by atoms with Gasteiger partial charge >= 0.3 is 0 Å². The van der Waals surface area contributed by atoms with Crippen LogP contribution in [0, 0.1) is 13.8 Å². The van der Waals surface area contributed by atoms with Gasteiger partial charge in [-0.3, -0.25) is 0 Å². The summed E-state index contributed by atoms with van der Waals surface area (Å²) >= 11 is 3.43. The predicted molar refractivity (Wildman–Crippen MR) is 69.0 cm³/mol. The lowest BCUT2D eigenvalue weighted by atomic mass is 10.2. The second-order valence-corrected chi connectivity index (χ2v) is 4.84. The van der Waals surface area contributed by atoms with Gasteiger partial charge in [-0.2, -0.15) is 0 Å². The summed E-state index contributed by atoms with van der Waals surface area (Å²) in [7, 11) is 1.93. The van der Waals surface area contributed by atoms with E-state index in [4.69, 9.17) is 4.74 Å². The van der Waals surface area contributed by atoms with E-state index in [2.05, 4.69) is 26.1 Å². The van der Waals surface area contributed by atoms with Gasteiger partial charge in [0.1, 0.15) is 18.2 Å². The smallest absolute Gasteiger partial charge is 0.170 e. The molecule has 0 saturated carbocycles. The second-order valence-electron chi connectivity index (χ2n) is 3.92. The fourth-order valence-electron chi connectivity index (χ4n) is 1.45. The van der Waals surface area contributed by atoms with Crippen LogP contribution in [0.15, 0.2) is 22.7 Å². The summed E-state index contributed by atoms with van der Waals surface area (Å²) in [6, 6.07) is 5.97. The quantitative estimate of drug-likeness (QED) is 0.874. The summed E-state index contributed by atoms with van der Waals surface area (Å²) in [5, 5.41) is 8.05. The zero-order valence-electron chi connectivity index (χ0n) is 10.1. The van der Waals surface area contributed by atoms with Crippen molar-refractivity contribution in [3.8, 4) is 5.75 Å². The molecule has 0 aliphatic heterocycles. The minimum atomic E-state index is 0.425. The van der Waals surface area contributed by atoms with Crippen LogP contribution < -0.4 is 4.74 Å². The fraction of sp³-hybridized carbons (Fsp3) is 0.333. The minimum Gasteiger partial charge on any atom is -0.485 e. The molecule has 0 spiro atoms. The third kappa shape index (κ3) is 2.66. The standard InChI is InChI=1S/C12H14BrN3O/c1-8-4-5-10(13)6-11(8)17-7-12-15-14-9(2)16(12)3/h4-6H,7H2,1-3H3. The molecule has 0 radical (unpaired) electrons. The average Bonchev–Trinajstić information content (AvgIpc) is 2.62. The molecule has 1 heterocycles. The largest absolute Gasteiger partial charge is 0.485 e. The molecule has 0 bridgehead atoms. The Bertz CT molecular complexity index is 537. The molecular formula is C12H14BrN3O. The Morgan fingerprint density at radius 2 is 2.06 bits per heavy atom. The molecule has 4 nitrogen and oxygen atoms in total. The van der Waals surface area contributed by atoms with Gasteiger partial charge in [0, 0.05) is 11.5 Å². The zero-order chi connectivity index (χ0) is 12.4. The number of benzene rings is 1. The van der Waals surface area contributed by atoms with Crippen molar-refractivity contribution >= 4 is 15.9 Å². The first-order chi connectivity index (χ1) is 8.08. The van der Waals surface area contributed by atoms with E-state index >= 15 is 0 Å². The Balaban J connectivity index is 2.12. The molecule has 0 amide bonds. The van der Waals surface area contributed by atoms with Crippen LogP contribution in [-0.2, 0) is 13.7 Å². The van der Waals surface area contributed by atoms with Crippen molar-refractivity contribution in [2.24, 2.45) is 7.05 Å². The molecule has 0 saturated heterocycles. The van der Waals surface area contributed by atoms with Crippen LogP contribution in [0.25, 0.3) is 0 Å². The highest BCUT2D eigenvalue weighted by Crippen LogP contribution is 2.23.